The van der Waals surface area contributed by atoms with E-state index in [1.807, 2.05) is 24.3 Å². The molecule has 1 aliphatic heterocycles. The third kappa shape index (κ3) is 2.59. The maximum atomic E-state index is 11.7. The summed E-state index contributed by atoms with van der Waals surface area (Å²) < 4.78 is 4.81. The van der Waals surface area contributed by atoms with E-state index >= 15 is 0 Å². The summed E-state index contributed by atoms with van der Waals surface area (Å²) in [5, 5.41) is 0. The molecule has 2 aromatic rings. The summed E-state index contributed by atoms with van der Waals surface area (Å²) >= 11 is 0. The molecule has 0 amide bonds. The molecule has 0 N–H and O–H groups in total. The lowest BCUT2D eigenvalue weighted by atomic mass is 9.60. The molecule has 2 aliphatic rings. The molecule has 1 aliphatic carbocycles. The quantitative estimate of drug-likeness (QED) is 0.659. The monoisotopic (exact) mass is 377 g/mol. The van der Waals surface area contributed by atoms with Crippen LogP contribution in [0.25, 0.3) is 0 Å². The predicted octanol–water partition coefficient (Wildman–Crippen LogP) is 5.50. The highest BCUT2D eigenvalue weighted by atomic mass is 16.5. The molecule has 2 aromatic carbocycles. The molecule has 1 atom stereocenters. The average molecular weight is 378 g/mol. The van der Waals surface area contributed by atoms with Crippen LogP contribution in [0, 0.1) is 6.92 Å². The van der Waals surface area contributed by atoms with Crippen molar-refractivity contribution in [1.82, 2.24) is 0 Å². The van der Waals surface area contributed by atoms with E-state index in [1.54, 1.807) is 5.56 Å². The normalized spacial score (nSPS) is 21.7. The molecule has 0 fully saturated rings. The zero-order valence-electron chi connectivity index (χ0n) is 18.0. The summed E-state index contributed by atoms with van der Waals surface area (Å²) in [6.45, 7) is 12.8. The van der Waals surface area contributed by atoms with Gasteiger partial charge in [0.15, 0.2) is 0 Å². The van der Waals surface area contributed by atoms with E-state index < -0.39 is 0 Å². The van der Waals surface area contributed by atoms with Gasteiger partial charge < -0.3 is 9.64 Å². The Balaban J connectivity index is 1.76. The molecule has 0 saturated carbocycles. The fourth-order valence-electron chi connectivity index (χ4n) is 5.30. The van der Waals surface area contributed by atoms with Crippen LogP contribution in [-0.2, 0) is 22.1 Å². The standard InChI is InChI=1S/C25H31NO2/c1-7-26-22-16(2)19(14-17-8-10-18(11-9-17)23(27)28-6)15-20-21(22)25(26,5)13-12-24(20,3)4/h8-11,15H,7,12-14H2,1-6H3. The molecule has 3 heteroatoms. The summed E-state index contributed by atoms with van der Waals surface area (Å²) in [5.74, 6) is -0.284. The molecule has 0 radical (unpaired) electrons. The Hall–Kier alpha value is -2.29. The lowest BCUT2D eigenvalue weighted by Crippen LogP contribution is -2.57. The van der Waals surface area contributed by atoms with Crippen molar-refractivity contribution in [1.29, 1.82) is 0 Å². The number of rotatable bonds is 4. The molecular formula is C25H31NO2. The summed E-state index contributed by atoms with van der Waals surface area (Å²) in [4.78, 5) is 14.3. The van der Waals surface area contributed by atoms with Crippen molar-refractivity contribution in [3.8, 4) is 0 Å². The first-order valence-corrected chi connectivity index (χ1v) is 10.3. The van der Waals surface area contributed by atoms with Crippen molar-refractivity contribution in [2.75, 3.05) is 18.6 Å². The molecule has 0 aromatic heterocycles. The molecule has 0 bridgehead atoms. The Morgan fingerprint density at radius 3 is 2.43 bits per heavy atom. The first-order chi connectivity index (χ1) is 13.2. The zero-order valence-corrected chi connectivity index (χ0v) is 18.0. The third-order valence-electron chi connectivity index (χ3n) is 7.12. The minimum Gasteiger partial charge on any atom is -0.465 e. The number of carbonyl (C=O) groups excluding carboxylic acids is 1. The van der Waals surface area contributed by atoms with E-state index in [0.29, 0.717) is 5.56 Å². The number of carbonyl (C=O) groups is 1. The molecule has 148 valence electrons. The SMILES string of the molecule is CCN1c2c(C)c(Cc3ccc(C(=O)OC)cc3)cc3c2C1(C)CCC3(C)C. The van der Waals surface area contributed by atoms with E-state index in [-0.39, 0.29) is 16.9 Å². The van der Waals surface area contributed by atoms with Crippen LogP contribution in [-0.4, -0.2) is 19.6 Å². The fraction of sp³-hybridized carbons (Fsp3) is 0.480. The van der Waals surface area contributed by atoms with Crippen LogP contribution in [0.2, 0.25) is 0 Å². The van der Waals surface area contributed by atoms with Gasteiger partial charge in [-0.25, -0.2) is 4.79 Å². The Labute approximate surface area is 168 Å². The van der Waals surface area contributed by atoms with E-state index in [9.17, 15) is 4.79 Å². The van der Waals surface area contributed by atoms with Crippen LogP contribution < -0.4 is 4.90 Å². The molecule has 0 spiro atoms. The van der Waals surface area contributed by atoms with Crippen molar-refractivity contribution in [2.45, 2.75) is 64.8 Å². The van der Waals surface area contributed by atoms with Gasteiger partial charge in [-0.1, -0.05) is 32.0 Å². The lowest BCUT2D eigenvalue weighted by molar-refractivity contribution is 0.0600. The number of methoxy groups -OCH3 is 1. The van der Waals surface area contributed by atoms with Gasteiger partial charge in [-0.2, -0.15) is 0 Å². The Bertz CT molecular complexity index is 942. The second kappa shape index (κ2) is 6.37. The van der Waals surface area contributed by atoms with Gasteiger partial charge in [0, 0.05) is 17.8 Å². The maximum absolute atomic E-state index is 11.7. The fourth-order valence-corrected chi connectivity index (χ4v) is 5.30. The zero-order chi connectivity index (χ0) is 20.3. The molecule has 1 heterocycles. The van der Waals surface area contributed by atoms with E-state index in [2.05, 4.69) is 45.6 Å². The highest BCUT2D eigenvalue weighted by Gasteiger charge is 2.52. The number of hydrogen-bond acceptors (Lipinski definition) is 3. The first-order valence-electron chi connectivity index (χ1n) is 10.3. The molecule has 3 nitrogen and oxygen atoms in total. The number of benzene rings is 2. The number of ether oxygens (including phenoxy) is 1. The van der Waals surface area contributed by atoms with Crippen LogP contribution in [0.1, 0.15) is 78.7 Å². The highest BCUT2D eigenvalue weighted by molar-refractivity contribution is 5.89. The Morgan fingerprint density at radius 2 is 1.82 bits per heavy atom. The van der Waals surface area contributed by atoms with Crippen molar-refractivity contribution >= 4 is 11.7 Å². The minimum absolute atomic E-state index is 0.209. The Morgan fingerprint density at radius 1 is 1.14 bits per heavy atom. The van der Waals surface area contributed by atoms with Gasteiger partial charge in [-0.15, -0.1) is 0 Å². The van der Waals surface area contributed by atoms with Gasteiger partial charge in [0.05, 0.1) is 18.2 Å². The van der Waals surface area contributed by atoms with E-state index in [4.69, 9.17) is 4.74 Å². The largest absolute Gasteiger partial charge is 0.465 e. The second-order valence-electron chi connectivity index (χ2n) is 9.20. The predicted molar refractivity (Wildman–Crippen MR) is 114 cm³/mol. The van der Waals surface area contributed by atoms with Gasteiger partial charge in [0.1, 0.15) is 0 Å². The third-order valence-corrected chi connectivity index (χ3v) is 7.12. The Kier molecular flexibility index (Phi) is 4.33. The van der Waals surface area contributed by atoms with Crippen molar-refractivity contribution < 1.29 is 9.53 Å². The van der Waals surface area contributed by atoms with Crippen LogP contribution in [0.4, 0.5) is 5.69 Å². The van der Waals surface area contributed by atoms with Crippen LogP contribution in [0.5, 0.6) is 0 Å². The van der Waals surface area contributed by atoms with Crippen molar-refractivity contribution in [2.24, 2.45) is 0 Å². The minimum atomic E-state index is -0.284. The second-order valence-corrected chi connectivity index (χ2v) is 9.20. The summed E-state index contributed by atoms with van der Waals surface area (Å²) in [6, 6.07) is 10.3. The summed E-state index contributed by atoms with van der Waals surface area (Å²) in [7, 11) is 1.42. The van der Waals surface area contributed by atoms with Gasteiger partial charge in [0.2, 0.25) is 0 Å². The van der Waals surface area contributed by atoms with Crippen LogP contribution in [0.15, 0.2) is 30.3 Å². The average Bonchev–Trinajstić information content (AvgIpc) is 2.67. The van der Waals surface area contributed by atoms with Crippen molar-refractivity contribution in [3.05, 3.63) is 63.7 Å². The van der Waals surface area contributed by atoms with Gasteiger partial charge in [0.25, 0.3) is 0 Å². The van der Waals surface area contributed by atoms with Gasteiger partial charge >= 0.3 is 5.97 Å². The smallest absolute Gasteiger partial charge is 0.337 e. The topological polar surface area (TPSA) is 29.5 Å². The molecule has 0 saturated heterocycles. The molecular weight excluding hydrogens is 346 g/mol. The highest BCUT2D eigenvalue weighted by Crippen LogP contribution is 2.60. The lowest BCUT2D eigenvalue weighted by Gasteiger charge is -2.60. The number of anilines is 1. The number of nitrogens with zero attached hydrogens (tertiary/aromatic N) is 1. The first kappa shape index (κ1) is 19.0. The molecule has 1 unspecified atom stereocenters. The van der Waals surface area contributed by atoms with E-state index in [1.165, 1.54) is 47.9 Å². The van der Waals surface area contributed by atoms with Gasteiger partial charge in [-0.05, 0) is 79.8 Å². The number of esters is 1. The number of hydrogen-bond donors (Lipinski definition) is 0. The van der Waals surface area contributed by atoms with Crippen LogP contribution in [0.3, 0.4) is 0 Å². The summed E-state index contributed by atoms with van der Waals surface area (Å²) in [5.41, 5.74) is 9.66. The van der Waals surface area contributed by atoms with Gasteiger partial charge in [-0.3, -0.25) is 0 Å². The summed E-state index contributed by atoms with van der Waals surface area (Å²) in [6.07, 6.45) is 3.35. The van der Waals surface area contributed by atoms with E-state index in [0.717, 1.165) is 13.0 Å². The maximum Gasteiger partial charge on any atom is 0.337 e. The van der Waals surface area contributed by atoms with Crippen LogP contribution >= 0.6 is 0 Å². The van der Waals surface area contributed by atoms with Crippen molar-refractivity contribution in [3.63, 3.8) is 0 Å². The molecule has 4 rings (SSSR count). The molecule has 28 heavy (non-hydrogen) atoms.